The fourth-order valence-electron chi connectivity index (χ4n) is 10.3. The van der Waals surface area contributed by atoms with Gasteiger partial charge in [-0.05, 0) is 107 Å². The molecule has 474 valence electrons. The topological polar surface area (TPSA) is 363 Å². The Labute approximate surface area is 522 Å². The van der Waals surface area contributed by atoms with Crippen molar-refractivity contribution in [2.75, 3.05) is 37.4 Å². The van der Waals surface area contributed by atoms with Crippen LogP contribution in [0.5, 0.6) is 5.75 Å². The molecule has 1 aliphatic heterocycles. The number of pyridine rings is 2. The highest BCUT2D eigenvalue weighted by atomic mass is 16.6. The molecule has 0 aliphatic carbocycles. The Kier molecular flexibility index (Phi) is 19.8. The first kappa shape index (κ1) is 64.4. The average molecular weight is 1240 g/mol. The number of primary amides is 2. The highest BCUT2D eigenvalue weighted by Gasteiger charge is 2.30. The number of aryl methyl sites for hydroxylation is 4. The number of anilines is 2. The molecule has 28 nitrogen and oxygen atoms in total. The summed E-state index contributed by atoms with van der Waals surface area (Å²) in [6.45, 7) is 13.9. The summed E-state index contributed by atoms with van der Waals surface area (Å²) in [6.07, 6.45) is 6.92. The molecule has 91 heavy (non-hydrogen) atoms. The number of rotatable bonds is 27. The SMILES string of the molecule is CCn1nc(C)cc1C(=O)Nc1nc2cc(C(N)=O)cc(OCCCN(C)C(=O)OCc3ccc(NC(=O)[C@H](C)NC(=O)[C@@H](NC(=O)CCN4C(=O)C=CC4=O)C(C)C)cc3)c2n1C/C=C/Cn1c2ncc(C(N)=O)cc2c2ccc(-c3cc(C)nn3CC)nc21. The van der Waals surface area contributed by atoms with Crippen molar-refractivity contribution in [2.24, 2.45) is 17.4 Å². The molecular weight excluding hydrogens is 1170 g/mol. The van der Waals surface area contributed by atoms with Crippen LogP contribution in [0, 0.1) is 19.8 Å². The Bertz CT molecular complexity index is 4210. The van der Waals surface area contributed by atoms with Crippen molar-refractivity contribution in [1.29, 1.82) is 0 Å². The molecule has 8 aromatic rings. The molecular formula is C63H71N17O11. The molecule has 0 saturated heterocycles. The molecule has 0 fully saturated rings. The van der Waals surface area contributed by atoms with Crippen LogP contribution in [0.3, 0.4) is 0 Å². The predicted octanol–water partition coefficient (Wildman–Crippen LogP) is 5.29. The van der Waals surface area contributed by atoms with E-state index in [1.54, 1.807) is 73.5 Å². The van der Waals surface area contributed by atoms with Gasteiger partial charge in [0.2, 0.25) is 35.5 Å². The van der Waals surface area contributed by atoms with Gasteiger partial charge >= 0.3 is 6.09 Å². The van der Waals surface area contributed by atoms with Gasteiger partial charge in [-0.15, -0.1) is 0 Å². The molecule has 0 saturated carbocycles. The maximum atomic E-state index is 14.0. The number of carbonyl (C=O) groups excluding carboxylic acids is 9. The average Bonchev–Trinajstić information content (AvgIpc) is 1.62. The van der Waals surface area contributed by atoms with E-state index < -0.39 is 65.4 Å². The van der Waals surface area contributed by atoms with Crippen LogP contribution in [0.15, 0.2) is 97.2 Å². The molecule has 0 radical (unpaired) electrons. The van der Waals surface area contributed by atoms with E-state index >= 15 is 0 Å². The molecule has 8 N–H and O–H groups in total. The molecule has 0 spiro atoms. The molecule has 9 amide bonds. The van der Waals surface area contributed by atoms with E-state index in [9.17, 15) is 43.2 Å². The van der Waals surface area contributed by atoms with Crippen LogP contribution in [-0.4, -0.2) is 146 Å². The molecule has 0 unspecified atom stereocenters. The van der Waals surface area contributed by atoms with Gasteiger partial charge in [0.1, 0.15) is 46.9 Å². The number of hydrogen-bond donors (Lipinski definition) is 6. The van der Waals surface area contributed by atoms with Crippen LogP contribution in [0.4, 0.5) is 16.4 Å². The highest BCUT2D eigenvalue weighted by molar-refractivity contribution is 6.13. The maximum absolute atomic E-state index is 14.0. The van der Waals surface area contributed by atoms with Gasteiger partial charge in [-0.25, -0.2) is 19.7 Å². The summed E-state index contributed by atoms with van der Waals surface area (Å²) in [6, 6.07) is 16.7. The van der Waals surface area contributed by atoms with E-state index in [0.29, 0.717) is 75.6 Å². The van der Waals surface area contributed by atoms with Crippen LogP contribution in [0.25, 0.3) is 44.5 Å². The molecule has 0 bridgehead atoms. The van der Waals surface area contributed by atoms with Crippen molar-refractivity contribution >= 4 is 98.1 Å². The number of nitrogens with one attached hydrogen (secondary N) is 4. The van der Waals surface area contributed by atoms with E-state index in [1.165, 1.54) is 30.2 Å². The van der Waals surface area contributed by atoms with Crippen LogP contribution >= 0.6 is 0 Å². The first-order valence-corrected chi connectivity index (χ1v) is 29.5. The van der Waals surface area contributed by atoms with Gasteiger partial charge in [-0.2, -0.15) is 10.2 Å². The second kappa shape index (κ2) is 28.0. The van der Waals surface area contributed by atoms with Gasteiger partial charge in [0.15, 0.2) is 0 Å². The van der Waals surface area contributed by atoms with Crippen LogP contribution in [-0.2, 0) is 61.5 Å². The van der Waals surface area contributed by atoms with Gasteiger partial charge in [-0.1, -0.05) is 38.1 Å². The third-order valence-electron chi connectivity index (χ3n) is 15.1. The van der Waals surface area contributed by atoms with Gasteiger partial charge < -0.3 is 50.9 Å². The van der Waals surface area contributed by atoms with Gasteiger partial charge in [0, 0.05) is 93.1 Å². The van der Waals surface area contributed by atoms with Crippen molar-refractivity contribution in [1.82, 2.24) is 64.1 Å². The van der Waals surface area contributed by atoms with Crippen molar-refractivity contribution in [3.8, 4) is 17.1 Å². The monoisotopic (exact) mass is 1240 g/mol. The van der Waals surface area contributed by atoms with E-state index in [2.05, 4.69) is 36.4 Å². The summed E-state index contributed by atoms with van der Waals surface area (Å²) in [5.74, 6) is -4.57. The van der Waals surface area contributed by atoms with Gasteiger partial charge in [0.05, 0.1) is 40.5 Å². The van der Waals surface area contributed by atoms with Crippen LogP contribution in [0.1, 0.15) is 95.6 Å². The molecule has 1 aliphatic rings. The number of imidazole rings is 1. The first-order chi connectivity index (χ1) is 43.5. The predicted molar refractivity (Wildman–Crippen MR) is 336 cm³/mol. The van der Waals surface area contributed by atoms with Crippen molar-refractivity contribution in [2.45, 2.75) is 106 Å². The molecule has 28 heteroatoms. The quantitative estimate of drug-likeness (QED) is 0.0216. The number of fused-ring (bicyclic) bond motifs is 4. The number of nitrogens with zero attached hydrogens (tertiary/aromatic N) is 11. The summed E-state index contributed by atoms with van der Waals surface area (Å²) in [5.41, 5.74) is 18.1. The second-order valence-electron chi connectivity index (χ2n) is 22.1. The Balaban J connectivity index is 0.849. The van der Waals surface area contributed by atoms with Crippen molar-refractivity contribution in [3.63, 3.8) is 0 Å². The lowest BCUT2D eigenvalue weighted by atomic mass is 10.0. The number of amides is 9. The first-order valence-electron chi connectivity index (χ1n) is 29.5. The standard InChI is InChI=1S/C63H71N17O11/c1-9-79-47(28-36(5)73-79)45-19-18-43-44-30-41(56(65)85)33-66-57(44)78(58(43)69-45)25-12-11-24-77-54-46(70-62(77)72-60(87)48-29-37(6)74-80(48)10-2)31-40(55(64)84)32-49(54)90-27-13-23-75(8)63(89)91-34-39-14-16-42(17-15-39)68-59(86)38(7)67-61(88)53(35(3)4)71-50(81)22-26-76-51(82)20-21-52(76)83/h11-12,14-21,28-33,35,38,53H,9-10,13,22-27,34H2,1-8H3,(H2,64,84)(H2,65,85)(H,67,88)(H,68,86)(H,71,81)(H,70,72,87)/b12-11+/t38-,53-/m0/s1. The Morgan fingerprint density at radius 2 is 1.42 bits per heavy atom. The van der Waals surface area contributed by atoms with Gasteiger partial charge in [0.25, 0.3) is 17.7 Å². The number of allylic oxidation sites excluding steroid dienone is 2. The molecule has 6 aromatic heterocycles. The number of ether oxygens (including phenoxy) is 2. The largest absolute Gasteiger partial charge is 0.491 e. The smallest absolute Gasteiger partial charge is 0.409 e. The molecule has 2 aromatic carbocycles. The molecule has 2 atom stereocenters. The zero-order valence-electron chi connectivity index (χ0n) is 51.6. The van der Waals surface area contributed by atoms with Crippen LogP contribution in [0.2, 0.25) is 0 Å². The Morgan fingerprint density at radius 3 is 2.10 bits per heavy atom. The lowest BCUT2D eigenvalue weighted by Crippen LogP contribution is -2.54. The normalized spacial score (nSPS) is 13.0. The van der Waals surface area contributed by atoms with Crippen LogP contribution < -0.4 is 37.5 Å². The number of aromatic nitrogens is 9. The zero-order valence-corrected chi connectivity index (χ0v) is 51.6. The molecule has 9 rings (SSSR count). The minimum atomic E-state index is -1.01. The van der Waals surface area contributed by atoms with E-state index in [0.717, 1.165) is 33.8 Å². The lowest BCUT2D eigenvalue weighted by molar-refractivity contribution is -0.137. The van der Waals surface area contributed by atoms with E-state index in [-0.39, 0.29) is 74.6 Å². The summed E-state index contributed by atoms with van der Waals surface area (Å²) >= 11 is 0. The minimum Gasteiger partial charge on any atom is -0.491 e. The fourth-order valence-corrected chi connectivity index (χ4v) is 10.3. The third-order valence-corrected chi connectivity index (χ3v) is 15.1. The number of imide groups is 1. The maximum Gasteiger partial charge on any atom is 0.409 e. The number of nitrogens with two attached hydrogens (primary N) is 2. The number of hydrogen-bond acceptors (Lipinski definition) is 16. The number of carbonyl (C=O) groups is 9. The lowest BCUT2D eigenvalue weighted by Gasteiger charge is -2.24. The van der Waals surface area contributed by atoms with E-state index in [1.807, 2.05) is 60.4 Å². The van der Waals surface area contributed by atoms with Gasteiger partial charge in [-0.3, -0.25) is 57.9 Å². The summed E-state index contributed by atoms with van der Waals surface area (Å²) in [4.78, 5) is 132. The Hall–Kier alpha value is -11.1. The summed E-state index contributed by atoms with van der Waals surface area (Å²) in [5, 5.41) is 21.4. The Morgan fingerprint density at radius 1 is 0.736 bits per heavy atom. The summed E-state index contributed by atoms with van der Waals surface area (Å²) < 4.78 is 19.1. The minimum absolute atomic E-state index is 0.0497. The second-order valence-corrected chi connectivity index (χ2v) is 22.1. The zero-order chi connectivity index (χ0) is 65.4. The summed E-state index contributed by atoms with van der Waals surface area (Å²) in [7, 11) is 1.57. The number of benzene rings is 2. The van der Waals surface area contributed by atoms with E-state index in [4.69, 9.17) is 30.9 Å². The third kappa shape index (κ3) is 14.8. The highest BCUT2D eigenvalue weighted by Crippen LogP contribution is 2.33. The fraction of sp³-hybridized carbons (Fsp3) is 0.333. The molecule has 7 heterocycles. The van der Waals surface area contributed by atoms with Crippen molar-refractivity contribution in [3.05, 3.63) is 131 Å². The van der Waals surface area contributed by atoms with Crippen molar-refractivity contribution < 1.29 is 52.6 Å².